The zero-order chi connectivity index (χ0) is 13.0. The van der Waals surface area contributed by atoms with Crippen molar-refractivity contribution in [2.45, 2.75) is 38.8 Å². The SMILES string of the molecule is CCCNC(=O)N(Cc1ccc(N)cc1)C1CC1. The van der Waals surface area contributed by atoms with Gasteiger partial charge in [-0.3, -0.25) is 0 Å². The number of anilines is 1. The van der Waals surface area contributed by atoms with E-state index in [0.29, 0.717) is 12.6 Å². The van der Waals surface area contributed by atoms with E-state index in [1.54, 1.807) is 0 Å². The van der Waals surface area contributed by atoms with Gasteiger partial charge in [0.2, 0.25) is 0 Å². The van der Waals surface area contributed by atoms with Crippen LogP contribution in [-0.2, 0) is 6.54 Å². The lowest BCUT2D eigenvalue weighted by atomic mass is 10.2. The first kappa shape index (κ1) is 12.7. The number of benzene rings is 1. The van der Waals surface area contributed by atoms with Gasteiger partial charge in [0.25, 0.3) is 0 Å². The van der Waals surface area contributed by atoms with E-state index in [9.17, 15) is 4.79 Å². The number of rotatable bonds is 5. The first-order valence-electron chi connectivity index (χ1n) is 6.59. The second kappa shape index (κ2) is 5.76. The number of amides is 2. The Morgan fingerprint density at radius 2 is 2.06 bits per heavy atom. The molecule has 0 atom stereocenters. The van der Waals surface area contributed by atoms with E-state index in [0.717, 1.165) is 37.1 Å². The molecule has 0 bridgehead atoms. The predicted octanol–water partition coefficient (Wildman–Crippen LogP) is 2.35. The van der Waals surface area contributed by atoms with Crippen molar-refractivity contribution in [3.8, 4) is 0 Å². The van der Waals surface area contributed by atoms with Crippen LogP contribution in [0.25, 0.3) is 0 Å². The molecule has 4 heteroatoms. The molecular formula is C14H21N3O. The van der Waals surface area contributed by atoms with Crippen molar-refractivity contribution in [2.75, 3.05) is 12.3 Å². The van der Waals surface area contributed by atoms with E-state index in [1.165, 1.54) is 0 Å². The van der Waals surface area contributed by atoms with Gasteiger partial charge >= 0.3 is 6.03 Å². The lowest BCUT2D eigenvalue weighted by Gasteiger charge is -2.23. The molecule has 0 radical (unpaired) electrons. The molecule has 1 aliphatic carbocycles. The molecule has 98 valence electrons. The Balaban J connectivity index is 1.97. The third-order valence-corrected chi connectivity index (χ3v) is 3.11. The fourth-order valence-corrected chi connectivity index (χ4v) is 1.91. The van der Waals surface area contributed by atoms with E-state index in [2.05, 4.69) is 12.2 Å². The standard InChI is InChI=1S/C14H21N3O/c1-2-9-16-14(18)17(13-7-8-13)10-11-3-5-12(15)6-4-11/h3-6,13H,2,7-10,15H2,1H3,(H,16,18). The van der Waals surface area contributed by atoms with E-state index in [1.807, 2.05) is 29.2 Å². The third kappa shape index (κ3) is 3.39. The number of nitrogen functional groups attached to an aromatic ring is 1. The van der Waals surface area contributed by atoms with E-state index >= 15 is 0 Å². The van der Waals surface area contributed by atoms with Crippen LogP contribution in [0, 0.1) is 0 Å². The summed E-state index contributed by atoms with van der Waals surface area (Å²) in [7, 11) is 0. The van der Waals surface area contributed by atoms with Gasteiger partial charge in [0, 0.05) is 24.8 Å². The van der Waals surface area contributed by atoms with Crippen LogP contribution in [0.4, 0.5) is 10.5 Å². The molecule has 0 saturated heterocycles. The van der Waals surface area contributed by atoms with Gasteiger partial charge in [0.15, 0.2) is 0 Å². The molecule has 0 heterocycles. The van der Waals surface area contributed by atoms with Crippen LogP contribution < -0.4 is 11.1 Å². The van der Waals surface area contributed by atoms with Crippen LogP contribution in [-0.4, -0.2) is 23.5 Å². The maximum absolute atomic E-state index is 12.0. The van der Waals surface area contributed by atoms with Crippen molar-refractivity contribution in [1.82, 2.24) is 10.2 Å². The molecule has 0 unspecified atom stereocenters. The summed E-state index contributed by atoms with van der Waals surface area (Å²) in [5.74, 6) is 0. The smallest absolute Gasteiger partial charge is 0.317 e. The summed E-state index contributed by atoms with van der Waals surface area (Å²) in [6.07, 6.45) is 3.20. The molecular weight excluding hydrogens is 226 g/mol. The van der Waals surface area contributed by atoms with Gasteiger partial charge < -0.3 is 16.0 Å². The Morgan fingerprint density at radius 1 is 1.39 bits per heavy atom. The molecule has 1 saturated carbocycles. The predicted molar refractivity (Wildman–Crippen MR) is 73.1 cm³/mol. The van der Waals surface area contributed by atoms with Gasteiger partial charge in [-0.05, 0) is 37.0 Å². The topological polar surface area (TPSA) is 58.4 Å². The van der Waals surface area contributed by atoms with Crippen LogP contribution in [0.5, 0.6) is 0 Å². The van der Waals surface area contributed by atoms with Crippen LogP contribution in [0.3, 0.4) is 0 Å². The van der Waals surface area contributed by atoms with E-state index in [4.69, 9.17) is 5.73 Å². The highest BCUT2D eigenvalue weighted by atomic mass is 16.2. The van der Waals surface area contributed by atoms with Crippen molar-refractivity contribution in [3.63, 3.8) is 0 Å². The summed E-state index contributed by atoms with van der Waals surface area (Å²) < 4.78 is 0. The number of nitrogens with two attached hydrogens (primary N) is 1. The summed E-state index contributed by atoms with van der Waals surface area (Å²) in [6, 6.07) is 8.19. The summed E-state index contributed by atoms with van der Waals surface area (Å²) in [5, 5.41) is 2.95. The first-order chi connectivity index (χ1) is 8.70. The van der Waals surface area contributed by atoms with Crippen molar-refractivity contribution >= 4 is 11.7 Å². The largest absolute Gasteiger partial charge is 0.399 e. The Kier molecular flexibility index (Phi) is 4.07. The lowest BCUT2D eigenvalue weighted by Crippen LogP contribution is -2.41. The molecule has 18 heavy (non-hydrogen) atoms. The minimum atomic E-state index is 0.0520. The Hall–Kier alpha value is -1.71. The highest BCUT2D eigenvalue weighted by molar-refractivity contribution is 5.74. The molecule has 3 N–H and O–H groups in total. The quantitative estimate of drug-likeness (QED) is 0.785. The van der Waals surface area contributed by atoms with Crippen LogP contribution in [0.1, 0.15) is 31.7 Å². The molecule has 1 aliphatic rings. The number of nitrogens with zero attached hydrogens (tertiary/aromatic N) is 1. The minimum absolute atomic E-state index is 0.0520. The summed E-state index contributed by atoms with van der Waals surface area (Å²) >= 11 is 0. The van der Waals surface area contributed by atoms with Crippen LogP contribution >= 0.6 is 0 Å². The normalized spacial score (nSPS) is 14.3. The molecule has 1 aromatic rings. The molecule has 1 fully saturated rings. The average Bonchev–Trinajstić information content (AvgIpc) is 3.19. The molecule has 4 nitrogen and oxygen atoms in total. The number of nitrogens with one attached hydrogen (secondary N) is 1. The Morgan fingerprint density at radius 3 is 2.61 bits per heavy atom. The number of carbonyl (C=O) groups is 1. The Bertz CT molecular complexity index is 398. The molecule has 0 aliphatic heterocycles. The summed E-state index contributed by atoms with van der Waals surface area (Å²) in [4.78, 5) is 14.0. The summed E-state index contributed by atoms with van der Waals surface area (Å²) in [5.41, 5.74) is 7.55. The van der Waals surface area contributed by atoms with Crippen LogP contribution in [0.2, 0.25) is 0 Å². The fourth-order valence-electron chi connectivity index (χ4n) is 1.91. The lowest BCUT2D eigenvalue weighted by molar-refractivity contribution is 0.192. The van der Waals surface area contributed by atoms with Crippen molar-refractivity contribution in [1.29, 1.82) is 0 Å². The molecule has 2 rings (SSSR count). The number of hydrogen-bond acceptors (Lipinski definition) is 2. The highest BCUT2D eigenvalue weighted by Crippen LogP contribution is 2.28. The average molecular weight is 247 g/mol. The maximum atomic E-state index is 12.0. The second-order valence-electron chi connectivity index (χ2n) is 4.83. The summed E-state index contributed by atoms with van der Waals surface area (Å²) in [6.45, 7) is 3.46. The first-order valence-corrected chi connectivity index (χ1v) is 6.59. The van der Waals surface area contributed by atoms with Gasteiger partial charge in [-0.1, -0.05) is 19.1 Å². The molecule has 0 aromatic heterocycles. The van der Waals surface area contributed by atoms with Crippen molar-refractivity contribution < 1.29 is 4.79 Å². The number of hydrogen-bond donors (Lipinski definition) is 2. The van der Waals surface area contributed by atoms with Gasteiger partial charge in [0.1, 0.15) is 0 Å². The molecule has 2 amide bonds. The minimum Gasteiger partial charge on any atom is -0.399 e. The zero-order valence-electron chi connectivity index (χ0n) is 10.9. The monoisotopic (exact) mass is 247 g/mol. The Labute approximate surface area is 108 Å². The molecule has 1 aromatic carbocycles. The van der Waals surface area contributed by atoms with Gasteiger partial charge in [0.05, 0.1) is 0 Å². The van der Waals surface area contributed by atoms with Crippen LogP contribution in [0.15, 0.2) is 24.3 Å². The van der Waals surface area contributed by atoms with Crippen molar-refractivity contribution in [2.24, 2.45) is 0 Å². The van der Waals surface area contributed by atoms with E-state index < -0.39 is 0 Å². The van der Waals surface area contributed by atoms with Gasteiger partial charge in [-0.25, -0.2) is 4.79 Å². The maximum Gasteiger partial charge on any atom is 0.317 e. The third-order valence-electron chi connectivity index (χ3n) is 3.11. The second-order valence-corrected chi connectivity index (χ2v) is 4.83. The van der Waals surface area contributed by atoms with Crippen molar-refractivity contribution in [3.05, 3.63) is 29.8 Å². The van der Waals surface area contributed by atoms with Gasteiger partial charge in [-0.2, -0.15) is 0 Å². The van der Waals surface area contributed by atoms with E-state index in [-0.39, 0.29) is 6.03 Å². The molecule has 0 spiro atoms. The fraction of sp³-hybridized carbons (Fsp3) is 0.500. The highest BCUT2D eigenvalue weighted by Gasteiger charge is 2.32. The van der Waals surface area contributed by atoms with Gasteiger partial charge in [-0.15, -0.1) is 0 Å². The zero-order valence-corrected chi connectivity index (χ0v) is 10.9. The number of urea groups is 1. The number of carbonyl (C=O) groups excluding carboxylic acids is 1.